The molecule has 0 saturated carbocycles. The minimum atomic E-state index is -0.421. The summed E-state index contributed by atoms with van der Waals surface area (Å²) in [4.78, 5) is 27.5. The number of hydrazone groups is 1. The summed E-state index contributed by atoms with van der Waals surface area (Å²) in [6.07, 6.45) is 3.66. The lowest BCUT2D eigenvalue weighted by Gasteiger charge is -1.99. The van der Waals surface area contributed by atoms with Gasteiger partial charge in [-0.1, -0.05) is 18.2 Å². The minimum Gasteiger partial charge on any atom is -0.361 e. The van der Waals surface area contributed by atoms with Crippen LogP contribution < -0.4 is 5.43 Å². The van der Waals surface area contributed by atoms with Crippen molar-refractivity contribution in [3.8, 4) is 10.4 Å². The normalized spacial score (nSPS) is 11.2. The van der Waals surface area contributed by atoms with E-state index in [0.717, 1.165) is 31.8 Å². The van der Waals surface area contributed by atoms with Gasteiger partial charge in [0.25, 0.3) is 5.69 Å². The maximum atomic E-state index is 12.2. The molecule has 0 saturated heterocycles. The molecule has 0 radical (unpaired) electrons. The molecular formula is C21H16N4O3S. The number of carbonyl (C=O) groups is 1. The van der Waals surface area contributed by atoms with Crippen molar-refractivity contribution in [3.63, 3.8) is 0 Å². The van der Waals surface area contributed by atoms with Crippen LogP contribution in [0.1, 0.15) is 10.4 Å². The number of benzene rings is 2. The molecule has 0 atom stereocenters. The molecule has 4 rings (SSSR count). The fourth-order valence-electron chi connectivity index (χ4n) is 2.98. The van der Waals surface area contributed by atoms with E-state index in [9.17, 15) is 14.9 Å². The third-order valence-corrected chi connectivity index (χ3v) is 5.47. The number of nitrogens with one attached hydrogen (secondary N) is 2. The van der Waals surface area contributed by atoms with E-state index in [4.69, 9.17) is 0 Å². The summed E-state index contributed by atoms with van der Waals surface area (Å²) in [5, 5.41) is 15.8. The summed E-state index contributed by atoms with van der Waals surface area (Å²) in [7, 11) is 0. The molecule has 1 amide bonds. The lowest BCUT2D eigenvalue weighted by atomic mass is 10.1. The highest BCUT2D eigenvalue weighted by molar-refractivity contribution is 7.17. The number of H-pyrrole nitrogens is 1. The van der Waals surface area contributed by atoms with Gasteiger partial charge in [-0.3, -0.25) is 14.9 Å². The summed E-state index contributed by atoms with van der Waals surface area (Å²) in [6, 6.07) is 18.0. The Morgan fingerprint density at radius 3 is 2.72 bits per heavy atom. The number of nitrogens with zero attached hydrogens (tertiary/aromatic N) is 2. The highest BCUT2D eigenvalue weighted by Crippen LogP contribution is 2.28. The third-order valence-electron chi connectivity index (χ3n) is 4.40. The maximum absolute atomic E-state index is 12.2. The van der Waals surface area contributed by atoms with Crippen LogP contribution >= 0.6 is 11.3 Å². The van der Waals surface area contributed by atoms with Gasteiger partial charge in [-0.2, -0.15) is 5.10 Å². The van der Waals surface area contributed by atoms with Crippen molar-refractivity contribution in [3.05, 3.63) is 87.4 Å². The highest BCUT2D eigenvalue weighted by atomic mass is 32.1. The lowest BCUT2D eigenvalue weighted by Crippen LogP contribution is -2.19. The number of nitro benzene ring substituents is 1. The molecule has 2 aromatic carbocycles. The number of para-hydroxylation sites is 1. The first-order valence-corrected chi connectivity index (χ1v) is 9.63. The van der Waals surface area contributed by atoms with Crippen LogP contribution in [0.4, 0.5) is 5.69 Å². The zero-order chi connectivity index (χ0) is 20.2. The van der Waals surface area contributed by atoms with E-state index in [1.54, 1.807) is 18.3 Å². The van der Waals surface area contributed by atoms with Crippen molar-refractivity contribution in [1.29, 1.82) is 0 Å². The molecular weight excluding hydrogens is 388 g/mol. The zero-order valence-corrected chi connectivity index (χ0v) is 16.0. The van der Waals surface area contributed by atoms with Gasteiger partial charge in [-0.25, -0.2) is 5.43 Å². The number of amides is 1. The van der Waals surface area contributed by atoms with E-state index in [1.807, 2.05) is 42.6 Å². The van der Waals surface area contributed by atoms with E-state index < -0.39 is 4.92 Å². The fraction of sp³-hybridized carbons (Fsp3) is 0.0476. The largest absolute Gasteiger partial charge is 0.361 e. The molecule has 0 aliphatic rings. The van der Waals surface area contributed by atoms with Gasteiger partial charge in [0.2, 0.25) is 5.91 Å². The Labute approximate surface area is 169 Å². The molecule has 0 unspecified atom stereocenters. The molecule has 144 valence electrons. The van der Waals surface area contributed by atoms with Crippen molar-refractivity contribution in [2.24, 2.45) is 5.10 Å². The van der Waals surface area contributed by atoms with Crippen LogP contribution in [0, 0.1) is 10.1 Å². The molecule has 0 fully saturated rings. The van der Waals surface area contributed by atoms with Gasteiger partial charge >= 0.3 is 0 Å². The average molecular weight is 404 g/mol. The van der Waals surface area contributed by atoms with Crippen LogP contribution in [0.5, 0.6) is 0 Å². The van der Waals surface area contributed by atoms with Crippen LogP contribution in [0.3, 0.4) is 0 Å². The van der Waals surface area contributed by atoms with Crippen molar-refractivity contribution in [2.75, 3.05) is 0 Å². The van der Waals surface area contributed by atoms with Crippen LogP contribution in [0.25, 0.3) is 21.3 Å². The summed E-state index contributed by atoms with van der Waals surface area (Å²) >= 11 is 1.48. The van der Waals surface area contributed by atoms with Crippen molar-refractivity contribution in [1.82, 2.24) is 10.4 Å². The predicted octanol–water partition coefficient (Wildman–Crippen LogP) is 4.50. The second-order valence-electron chi connectivity index (χ2n) is 6.34. The summed E-state index contributed by atoms with van der Waals surface area (Å²) < 4.78 is 0. The Morgan fingerprint density at radius 1 is 1.14 bits per heavy atom. The number of hydrogen-bond donors (Lipinski definition) is 2. The zero-order valence-electron chi connectivity index (χ0n) is 15.2. The van der Waals surface area contributed by atoms with E-state index in [2.05, 4.69) is 15.5 Å². The van der Waals surface area contributed by atoms with E-state index in [-0.39, 0.29) is 18.0 Å². The molecule has 8 heteroatoms. The number of rotatable bonds is 6. The van der Waals surface area contributed by atoms with E-state index in [0.29, 0.717) is 0 Å². The molecule has 29 heavy (non-hydrogen) atoms. The van der Waals surface area contributed by atoms with E-state index in [1.165, 1.54) is 23.5 Å². The average Bonchev–Trinajstić information content (AvgIpc) is 3.36. The number of aromatic amines is 1. The van der Waals surface area contributed by atoms with Gasteiger partial charge in [-0.05, 0) is 41.5 Å². The number of hydrogen-bond acceptors (Lipinski definition) is 5. The topological polar surface area (TPSA) is 100 Å². The first-order valence-electron chi connectivity index (χ1n) is 8.82. The highest BCUT2D eigenvalue weighted by Gasteiger charge is 2.09. The fourth-order valence-corrected chi connectivity index (χ4v) is 3.87. The van der Waals surface area contributed by atoms with Gasteiger partial charge in [0.05, 0.1) is 17.6 Å². The van der Waals surface area contributed by atoms with Gasteiger partial charge in [0.1, 0.15) is 0 Å². The quantitative estimate of drug-likeness (QED) is 0.281. The molecule has 2 aromatic heterocycles. The molecule has 7 nitrogen and oxygen atoms in total. The summed E-state index contributed by atoms with van der Waals surface area (Å²) in [5.41, 5.74) is 5.42. The number of nitro groups is 1. The monoisotopic (exact) mass is 404 g/mol. The molecule has 2 N–H and O–H groups in total. The number of fused-ring (bicyclic) bond motifs is 1. The van der Waals surface area contributed by atoms with Crippen LogP contribution in [0.15, 0.2) is 72.0 Å². The Morgan fingerprint density at radius 2 is 1.93 bits per heavy atom. The van der Waals surface area contributed by atoms with Crippen LogP contribution in [-0.2, 0) is 11.2 Å². The van der Waals surface area contributed by atoms with Gasteiger partial charge < -0.3 is 4.98 Å². The van der Waals surface area contributed by atoms with E-state index >= 15 is 0 Å². The number of thiophene rings is 1. The number of carbonyl (C=O) groups excluding carboxylic acids is 1. The predicted molar refractivity (Wildman–Crippen MR) is 114 cm³/mol. The van der Waals surface area contributed by atoms with Crippen molar-refractivity contribution in [2.45, 2.75) is 6.42 Å². The van der Waals surface area contributed by atoms with Crippen molar-refractivity contribution < 1.29 is 9.72 Å². The Balaban J connectivity index is 1.37. The Bertz CT molecular complexity index is 1210. The Hall–Kier alpha value is -3.78. The molecule has 0 bridgehead atoms. The first kappa shape index (κ1) is 18.6. The molecule has 2 heterocycles. The maximum Gasteiger partial charge on any atom is 0.269 e. The lowest BCUT2D eigenvalue weighted by molar-refractivity contribution is -0.384. The molecule has 0 aliphatic carbocycles. The first-order chi connectivity index (χ1) is 14.1. The second kappa shape index (κ2) is 8.07. The summed E-state index contributed by atoms with van der Waals surface area (Å²) in [6.45, 7) is 0. The standard InChI is InChI=1S/C21H16N4O3S/c26-21(11-15-12-22-19-4-2-1-3-18(15)19)24-23-13-17-9-10-20(29-17)14-5-7-16(8-6-14)25(27)28/h1-10,12-13,22H,11H2,(H,24,26)/b23-13+. The molecule has 4 aromatic rings. The number of aromatic nitrogens is 1. The second-order valence-corrected chi connectivity index (χ2v) is 7.45. The third kappa shape index (κ3) is 4.22. The number of non-ortho nitro benzene ring substituents is 1. The SMILES string of the molecule is O=C(Cc1c[nH]c2ccccc12)N/N=C/c1ccc(-c2ccc([N+](=O)[O-])cc2)s1. The summed E-state index contributed by atoms with van der Waals surface area (Å²) in [5.74, 6) is -0.196. The van der Waals surface area contributed by atoms with Crippen LogP contribution in [-0.4, -0.2) is 22.0 Å². The Kier molecular flexibility index (Phi) is 5.17. The van der Waals surface area contributed by atoms with Crippen LogP contribution in [0.2, 0.25) is 0 Å². The van der Waals surface area contributed by atoms with Gasteiger partial charge in [0.15, 0.2) is 0 Å². The molecule has 0 aliphatic heterocycles. The van der Waals surface area contributed by atoms with Gasteiger partial charge in [-0.15, -0.1) is 11.3 Å². The minimum absolute atomic E-state index is 0.0602. The smallest absolute Gasteiger partial charge is 0.269 e. The van der Waals surface area contributed by atoms with Crippen molar-refractivity contribution >= 4 is 40.0 Å². The van der Waals surface area contributed by atoms with Gasteiger partial charge in [0, 0.05) is 39.0 Å². The molecule has 0 spiro atoms.